The molecule has 3 aromatic carbocycles. The van der Waals surface area contributed by atoms with Crippen molar-refractivity contribution in [2.75, 3.05) is 0 Å². The molecule has 0 saturated carbocycles. The summed E-state index contributed by atoms with van der Waals surface area (Å²) in [5, 5.41) is 13.8. The van der Waals surface area contributed by atoms with Gasteiger partial charge in [-0.2, -0.15) is 4.98 Å². The van der Waals surface area contributed by atoms with E-state index in [0.29, 0.717) is 18.1 Å². The summed E-state index contributed by atoms with van der Waals surface area (Å²) in [5.74, 6) is -1.23. The number of carboxylic acids is 1. The van der Waals surface area contributed by atoms with Crippen molar-refractivity contribution in [3.8, 4) is 22.6 Å². The lowest BCUT2D eigenvalue weighted by Gasteiger charge is -2.30. The van der Waals surface area contributed by atoms with Crippen LogP contribution in [0.3, 0.4) is 0 Å². The van der Waals surface area contributed by atoms with E-state index in [-0.39, 0.29) is 6.54 Å². The van der Waals surface area contributed by atoms with Crippen molar-refractivity contribution in [3.63, 3.8) is 0 Å². The molecule has 214 valence electrons. The highest BCUT2D eigenvalue weighted by molar-refractivity contribution is 6.31. The third kappa shape index (κ3) is 8.13. The second kappa shape index (κ2) is 14.9. The maximum absolute atomic E-state index is 12.9. The van der Waals surface area contributed by atoms with Crippen molar-refractivity contribution in [1.29, 1.82) is 0 Å². The number of carboxylic acid groups (broad SMARTS) is 1. The van der Waals surface area contributed by atoms with Crippen molar-refractivity contribution in [2.24, 2.45) is 0 Å². The first-order chi connectivity index (χ1) is 20.0. The predicted molar refractivity (Wildman–Crippen MR) is 160 cm³/mol. The summed E-state index contributed by atoms with van der Waals surface area (Å²) in [5.41, 5.74) is 4.57. The van der Waals surface area contributed by atoms with Crippen LogP contribution < -0.4 is 0 Å². The zero-order valence-electron chi connectivity index (χ0n) is 24.0. The maximum Gasteiger partial charge on any atom is 0.394 e. The van der Waals surface area contributed by atoms with Crippen LogP contribution >= 0.6 is 0 Å². The largest absolute Gasteiger partial charge is 0.474 e. The number of carbonyl (C=O) groups excluding carboxylic acids is 1. The molecular formula is C34H39N3O4. The van der Waals surface area contributed by atoms with Gasteiger partial charge < -0.3 is 14.5 Å². The first kappa shape index (κ1) is 29.7. The van der Waals surface area contributed by atoms with Crippen molar-refractivity contribution in [2.45, 2.75) is 77.8 Å². The Kier molecular flexibility index (Phi) is 10.8. The van der Waals surface area contributed by atoms with E-state index >= 15 is 0 Å². The Morgan fingerprint density at radius 1 is 0.829 bits per heavy atom. The van der Waals surface area contributed by atoms with Crippen LogP contribution in [0, 0.1) is 0 Å². The van der Waals surface area contributed by atoms with Gasteiger partial charge in [-0.15, -0.1) is 0 Å². The van der Waals surface area contributed by atoms with Gasteiger partial charge in [0.15, 0.2) is 5.82 Å². The Labute approximate surface area is 242 Å². The molecule has 7 heteroatoms. The summed E-state index contributed by atoms with van der Waals surface area (Å²) < 4.78 is 5.51. The number of aromatic nitrogens is 2. The van der Waals surface area contributed by atoms with E-state index in [1.807, 2.05) is 85.8 Å². The second-order valence-electron chi connectivity index (χ2n) is 10.4. The number of hydrogen-bond acceptors (Lipinski definition) is 5. The molecule has 4 aromatic rings. The van der Waals surface area contributed by atoms with Crippen molar-refractivity contribution < 1.29 is 19.2 Å². The highest BCUT2D eigenvalue weighted by Crippen LogP contribution is 2.30. The Balaban J connectivity index is 1.48. The first-order valence-corrected chi connectivity index (χ1v) is 14.6. The molecule has 1 heterocycles. The summed E-state index contributed by atoms with van der Waals surface area (Å²) in [6, 6.07) is 25.0. The van der Waals surface area contributed by atoms with Crippen LogP contribution in [0.15, 0.2) is 83.4 Å². The number of aliphatic carboxylic acids is 1. The molecule has 0 bridgehead atoms. The third-order valence-electron chi connectivity index (χ3n) is 7.36. The predicted octanol–water partition coefficient (Wildman–Crippen LogP) is 7.87. The van der Waals surface area contributed by atoms with E-state index in [1.165, 1.54) is 37.0 Å². The highest BCUT2D eigenvalue weighted by atomic mass is 16.5. The molecule has 7 nitrogen and oxygen atoms in total. The molecule has 1 unspecified atom stereocenters. The van der Waals surface area contributed by atoms with Crippen LogP contribution in [-0.4, -0.2) is 32.0 Å². The molecule has 0 aliphatic rings. The minimum Gasteiger partial charge on any atom is -0.474 e. The Bertz CT molecular complexity index is 1400. The summed E-state index contributed by atoms with van der Waals surface area (Å²) in [6.45, 7) is 4.35. The van der Waals surface area contributed by atoms with Gasteiger partial charge in [-0.3, -0.25) is 4.79 Å². The first-order valence-electron chi connectivity index (χ1n) is 14.6. The molecular weight excluding hydrogens is 514 g/mol. The Morgan fingerprint density at radius 3 is 2.24 bits per heavy atom. The van der Waals surface area contributed by atoms with E-state index in [2.05, 4.69) is 17.1 Å². The summed E-state index contributed by atoms with van der Waals surface area (Å²) in [4.78, 5) is 30.8. The lowest BCUT2D eigenvalue weighted by Crippen LogP contribution is -2.38. The van der Waals surface area contributed by atoms with Gasteiger partial charge in [0.25, 0.3) is 5.89 Å². The number of hydrogen-bond donors (Lipinski definition) is 1. The van der Waals surface area contributed by atoms with Gasteiger partial charge in [-0.25, -0.2) is 4.79 Å². The number of rotatable bonds is 14. The van der Waals surface area contributed by atoms with Gasteiger partial charge in [-0.1, -0.05) is 112 Å². The van der Waals surface area contributed by atoms with Crippen molar-refractivity contribution in [1.82, 2.24) is 15.0 Å². The van der Waals surface area contributed by atoms with Gasteiger partial charge in [0.1, 0.15) is 0 Å². The van der Waals surface area contributed by atoms with Crippen LogP contribution in [0.25, 0.3) is 22.6 Å². The molecule has 0 aliphatic heterocycles. The van der Waals surface area contributed by atoms with E-state index in [9.17, 15) is 14.7 Å². The molecule has 0 spiro atoms. The smallest absolute Gasteiger partial charge is 0.394 e. The van der Waals surface area contributed by atoms with E-state index in [0.717, 1.165) is 40.7 Å². The Morgan fingerprint density at radius 2 is 1.54 bits per heavy atom. The SMILES string of the molecule is CCCCCCCCc1noc(-c2ccc(C(CC)N(Cc3cccc(-c4ccccc4)c3)C(=O)C(=O)O)cc2)n1. The molecule has 1 N–H and O–H groups in total. The third-order valence-corrected chi connectivity index (χ3v) is 7.36. The quantitative estimate of drug-likeness (QED) is 0.126. The van der Waals surface area contributed by atoms with Gasteiger partial charge in [0.2, 0.25) is 0 Å². The molecule has 0 aliphatic carbocycles. The summed E-state index contributed by atoms with van der Waals surface area (Å²) in [7, 11) is 0. The van der Waals surface area contributed by atoms with Gasteiger partial charge in [0, 0.05) is 18.5 Å². The van der Waals surface area contributed by atoms with Crippen molar-refractivity contribution in [3.05, 3.63) is 95.8 Å². The number of nitrogens with zero attached hydrogens (tertiary/aromatic N) is 3. The molecule has 1 amide bonds. The zero-order chi connectivity index (χ0) is 29.0. The lowest BCUT2D eigenvalue weighted by atomic mass is 9.99. The summed E-state index contributed by atoms with van der Waals surface area (Å²) >= 11 is 0. The standard InChI is InChI=1S/C34H39N3O4/c1-3-5-6-7-8-12-18-31-35-32(41-36-31)28-21-19-27(20-22-28)30(4-2)37(33(38)34(39)40)24-25-14-13-17-29(23-25)26-15-10-9-11-16-26/h9-11,13-17,19-23,30H,3-8,12,18,24H2,1-2H3,(H,39,40). The highest BCUT2D eigenvalue weighted by Gasteiger charge is 2.29. The van der Waals surface area contributed by atoms with Crippen LogP contribution in [0.1, 0.15) is 81.8 Å². The van der Waals surface area contributed by atoms with Crippen LogP contribution in [0.4, 0.5) is 0 Å². The average Bonchev–Trinajstić information content (AvgIpc) is 3.48. The molecule has 0 saturated heterocycles. The monoisotopic (exact) mass is 553 g/mol. The minimum absolute atomic E-state index is 0.178. The molecule has 4 rings (SSSR count). The average molecular weight is 554 g/mol. The van der Waals surface area contributed by atoms with Crippen molar-refractivity contribution >= 4 is 11.9 Å². The molecule has 0 radical (unpaired) electrons. The normalized spacial score (nSPS) is 11.8. The second-order valence-corrected chi connectivity index (χ2v) is 10.4. The number of carbonyl (C=O) groups is 2. The van der Waals surface area contributed by atoms with Gasteiger partial charge >= 0.3 is 11.9 Å². The van der Waals surface area contributed by atoms with Crippen LogP contribution in [0.2, 0.25) is 0 Å². The van der Waals surface area contributed by atoms with E-state index in [4.69, 9.17) is 4.52 Å². The fourth-order valence-corrected chi connectivity index (χ4v) is 5.14. The Hall–Kier alpha value is -4.26. The number of benzene rings is 3. The number of amides is 1. The van der Waals surface area contributed by atoms with E-state index < -0.39 is 17.9 Å². The fourth-order valence-electron chi connectivity index (χ4n) is 5.14. The van der Waals surface area contributed by atoms with Crippen LogP contribution in [-0.2, 0) is 22.6 Å². The molecule has 1 atom stereocenters. The van der Waals surface area contributed by atoms with Crippen LogP contribution in [0.5, 0.6) is 0 Å². The van der Waals surface area contributed by atoms with E-state index in [1.54, 1.807) is 0 Å². The van der Waals surface area contributed by atoms with Gasteiger partial charge in [0.05, 0.1) is 6.04 Å². The zero-order valence-corrected chi connectivity index (χ0v) is 24.0. The minimum atomic E-state index is -1.47. The molecule has 41 heavy (non-hydrogen) atoms. The number of aryl methyl sites for hydroxylation is 1. The fraction of sp³-hybridized carbons (Fsp3) is 0.353. The summed E-state index contributed by atoms with van der Waals surface area (Å²) in [6.07, 6.45) is 8.59. The molecule has 0 fully saturated rings. The topological polar surface area (TPSA) is 96.5 Å². The molecule has 1 aromatic heterocycles. The van der Waals surface area contributed by atoms with Gasteiger partial charge in [-0.05, 0) is 53.3 Å². The maximum atomic E-state index is 12.9. The number of unbranched alkanes of at least 4 members (excludes halogenated alkanes) is 5. The lowest BCUT2D eigenvalue weighted by molar-refractivity contribution is -0.157.